The van der Waals surface area contributed by atoms with Gasteiger partial charge in [-0.3, -0.25) is 4.90 Å². The lowest BCUT2D eigenvalue weighted by Crippen LogP contribution is -2.42. The summed E-state index contributed by atoms with van der Waals surface area (Å²) in [6.45, 7) is 6.57. The number of halogens is 1. The van der Waals surface area contributed by atoms with Crippen LogP contribution in [0.4, 0.5) is 10.1 Å². The summed E-state index contributed by atoms with van der Waals surface area (Å²) in [6.07, 6.45) is 3.52. The number of nitrogen functional groups attached to an aromatic ring is 1. The lowest BCUT2D eigenvalue weighted by molar-refractivity contribution is 0.161. The Morgan fingerprint density at radius 1 is 1.25 bits per heavy atom. The molecule has 1 unspecified atom stereocenters. The zero-order chi connectivity index (χ0) is 14.1. The molecule has 0 bridgehead atoms. The van der Waals surface area contributed by atoms with Gasteiger partial charge in [0.1, 0.15) is 5.82 Å². The summed E-state index contributed by atoms with van der Waals surface area (Å²) in [5.74, 6) is 0.212. The molecular formula is C16H24FN3. The Bertz CT molecular complexity index is 475. The van der Waals surface area contributed by atoms with Crippen LogP contribution in [0.15, 0.2) is 12.1 Å². The molecule has 4 heteroatoms. The first-order chi connectivity index (χ1) is 9.65. The minimum Gasteiger partial charge on any atom is -0.396 e. The molecule has 2 heterocycles. The lowest BCUT2D eigenvalue weighted by Gasteiger charge is -2.36. The highest BCUT2D eigenvalue weighted by atomic mass is 19.1. The summed E-state index contributed by atoms with van der Waals surface area (Å²) in [7, 11) is 0. The van der Waals surface area contributed by atoms with Crippen molar-refractivity contribution in [1.29, 1.82) is 0 Å². The zero-order valence-electron chi connectivity index (χ0n) is 12.2. The fourth-order valence-electron chi connectivity index (χ4n) is 3.69. The van der Waals surface area contributed by atoms with E-state index in [-0.39, 0.29) is 11.5 Å². The first kappa shape index (κ1) is 13.8. The van der Waals surface area contributed by atoms with E-state index in [1.165, 1.54) is 6.42 Å². The summed E-state index contributed by atoms with van der Waals surface area (Å²) in [5.41, 5.74) is 8.18. The van der Waals surface area contributed by atoms with Crippen molar-refractivity contribution in [3.8, 4) is 0 Å². The average Bonchev–Trinajstić information content (AvgIpc) is 2.97. The number of likely N-dealkylation sites (tertiary alicyclic amines) is 1. The standard InChI is InChI=1S/C16H24FN3/c1-11-8-16(18)15(17)9-14(11)12-3-6-20(7-4-12)13-2-5-19-10-13/h8-9,12-13,19H,2-7,10,18H2,1H3. The van der Waals surface area contributed by atoms with Gasteiger partial charge in [0.15, 0.2) is 0 Å². The van der Waals surface area contributed by atoms with Crippen LogP contribution in [-0.4, -0.2) is 37.1 Å². The van der Waals surface area contributed by atoms with Gasteiger partial charge in [0, 0.05) is 12.6 Å². The summed E-state index contributed by atoms with van der Waals surface area (Å²) in [5, 5.41) is 3.43. The second kappa shape index (κ2) is 5.70. The van der Waals surface area contributed by atoms with Crippen LogP contribution in [-0.2, 0) is 0 Å². The quantitative estimate of drug-likeness (QED) is 0.815. The van der Waals surface area contributed by atoms with E-state index in [2.05, 4.69) is 10.2 Å². The molecule has 1 aromatic rings. The van der Waals surface area contributed by atoms with Gasteiger partial charge in [0.05, 0.1) is 5.69 Å². The van der Waals surface area contributed by atoms with Crippen molar-refractivity contribution in [2.24, 2.45) is 0 Å². The Morgan fingerprint density at radius 3 is 2.65 bits per heavy atom. The van der Waals surface area contributed by atoms with Crippen LogP contribution in [0.3, 0.4) is 0 Å². The van der Waals surface area contributed by atoms with Crippen molar-refractivity contribution in [1.82, 2.24) is 10.2 Å². The monoisotopic (exact) mass is 277 g/mol. The van der Waals surface area contributed by atoms with Crippen LogP contribution >= 0.6 is 0 Å². The van der Waals surface area contributed by atoms with Crippen LogP contribution in [0, 0.1) is 12.7 Å². The number of nitrogens with zero attached hydrogens (tertiary/aromatic N) is 1. The van der Waals surface area contributed by atoms with Crippen LogP contribution in [0.25, 0.3) is 0 Å². The normalized spacial score (nSPS) is 25.2. The predicted octanol–water partition coefficient (Wildman–Crippen LogP) is 2.26. The van der Waals surface area contributed by atoms with Gasteiger partial charge in [-0.15, -0.1) is 0 Å². The van der Waals surface area contributed by atoms with E-state index in [1.807, 2.05) is 6.92 Å². The Morgan fingerprint density at radius 2 is 2.00 bits per heavy atom. The summed E-state index contributed by atoms with van der Waals surface area (Å²) in [4.78, 5) is 2.60. The van der Waals surface area contributed by atoms with Crippen LogP contribution in [0.5, 0.6) is 0 Å². The maximum Gasteiger partial charge on any atom is 0.146 e. The van der Waals surface area contributed by atoms with Gasteiger partial charge in [0.25, 0.3) is 0 Å². The molecule has 2 aliphatic heterocycles. The number of rotatable bonds is 2. The van der Waals surface area contributed by atoms with E-state index in [0.29, 0.717) is 12.0 Å². The number of nitrogens with one attached hydrogen (secondary N) is 1. The van der Waals surface area contributed by atoms with E-state index in [1.54, 1.807) is 12.1 Å². The first-order valence-corrected chi connectivity index (χ1v) is 7.65. The predicted molar refractivity (Wildman–Crippen MR) is 80.4 cm³/mol. The Labute approximate surface area is 120 Å². The molecule has 1 aromatic carbocycles. The molecular weight excluding hydrogens is 253 g/mol. The van der Waals surface area contributed by atoms with Gasteiger partial charge >= 0.3 is 0 Å². The number of hydrogen-bond donors (Lipinski definition) is 2. The fourth-order valence-corrected chi connectivity index (χ4v) is 3.69. The van der Waals surface area contributed by atoms with Gasteiger partial charge in [-0.2, -0.15) is 0 Å². The number of anilines is 1. The highest BCUT2D eigenvalue weighted by Crippen LogP contribution is 2.33. The smallest absolute Gasteiger partial charge is 0.146 e. The zero-order valence-corrected chi connectivity index (χ0v) is 12.2. The van der Waals surface area contributed by atoms with Crippen molar-refractivity contribution < 1.29 is 4.39 Å². The maximum atomic E-state index is 13.7. The van der Waals surface area contributed by atoms with E-state index in [9.17, 15) is 4.39 Å². The van der Waals surface area contributed by atoms with Crippen LogP contribution in [0.2, 0.25) is 0 Å². The number of aryl methyl sites for hydroxylation is 1. The van der Waals surface area contributed by atoms with Crippen molar-refractivity contribution in [2.45, 2.75) is 38.1 Å². The van der Waals surface area contributed by atoms with Gasteiger partial charge in [-0.05, 0) is 75.0 Å². The fraction of sp³-hybridized carbons (Fsp3) is 0.625. The minimum atomic E-state index is -0.270. The van der Waals surface area contributed by atoms with Gasteiger partial charge in [-0.25, -0.2) is 4.39 Å². The molecule has 110 valence electrons. The van der Waals surface area contributed by atoms with Crippen LogP contribution in [0.1, 0.15) is 36.3 Å². The molecule has 0 spiro atoms. The molecule has 2 fully saturated rings. The SMILES string of the molecule is Cc1cc(N)c(F)cc1C1CCN(C2CCNC2)CC1. The first-order valence-electron chi connectivity index (χ1n) is 7.65. The van der Waals surface area contributed by atoms with Crippen molar-refractivity contribution in [3.63, 3.8) is 0 Å². The van der Waals surface area contributed by atoms with Gasteiger partial charge in [-0.1, -0.05) is 0 Å². The van der Waals surface area contributed by atoms with E-state index >= 15 is 0 Å². The summed E-state index contributed by atoms with van der Waals surface area (Å²) >= 11 is 0. The van der Waals surface area contributed by atoms with Crippen molar-refractivity contribution in [3.05, 3.63) is 29.1 Å². The molecule has 0 saturated carbocycles. The molecule has 0 amide bonds. The molecule has 3 rings (SSSR count). The second-order valence-electron chi connectivity index (χ2n) is 6.19. The third-order valence-corrected chi connectivity index (χ3v) is 4.91. The van der Waals surface area contributed by atoms with Gasteiger partial charge < -0.3 is 11.1 Å². The molecule has 1 atom stereocenters. The Hall–Kier alpha value is -1.13. The second-order valence-corrected chi connectivity index (χ2v) is 6.19. The number of piperidine rings is 1. The highest BCUT2D eigenvalue weighted by Gasteiger charge is 2.28. The maximum absolute atomic E-state index is 13.7. The Balaban J connectivity index is 1.67. The lowest BCUT2D eigenvalue weighted by atomic mass is 9.86. The van der Waals surface area contributed by atoms with E-state index in [4.69, 9.17) is 5.73 Å². The minimum absolute atomic E-state index is 0.265. The molecule has 2 saturated heterocycles. The highest BCUT2D eigenvalue weighted by molar-refractivity contribution is 5.47. The van der Waals surface area contributed by atoms with Gasteiger partial charge in [0.2, 0.25) is 0 Å². The largest absolute Gasteiger partial charge is 0.396 e. The molecule has 0 aliphatic carbocycles. The number of benzene rings is 1. The third kappa shape index (κ3) is 2.67. The average molecular weight is 277 g/mol. The third-order valence-electron chi connectivity index (χ3n) is 4.91. The number of hydrogen-bond acceptors (Lipinski definition) is 3. The Kier molecular flexibility index (Phi) is 3.94. The molecule has 3 N–H and O–H groups in total. The molecule has 20 heavy (non-hydrogen) atoms. The molecule has 2 aliphatic rings. The summed E-state index contributed by atoms with van der Waals surface area (Å²) in [6, 6.07) is 4.14. The van der Waals surface area contributed by atoms with E-state index < -0.39 is 0 Å². The van der Waals surface area contributed by atoms with Crippen LogP contribution < -0.4 is 11.1 Å². The molecule has 0 radical (unpaired) electrons. The van der Waals surface area contributed by atoms with E-state index in [0.717, 1.165) is 50.1 Å². The number of nitrogens with two attached hydrogens (primary N) is 1. The van der Waals surface area contributed by atoms with Crippen molar-refractivity contribution in [2.75, 3.05) is 31.9 Å². The molecule has 0 aromatic heterocycles. The molecule has 3 nitrogen and oxygen atoms in total. The topological polar surface area (TPSA) is 41.3 Å². The summed E-state index contributed by atoms with van der Waals surface area (Å²) < 4.78 is 13.7. The van der Waals surface area contributed by atoms with Crippen molar-refractivity contribution >= 4 is 5.69 Å².